The fraction of sp³-hybridized carbons (Fsp3) is 0.385. The first-order valence-electron chi connectivity index (χ1n) is 5.98. The van der Waals surface area contributed by atoms with E-state index in [1.807, 2.05) is 31.3 Å². The second-order valence-corrected chi connectivity index (χ2v) is 5.00. The fourth-order valence-electron chi connectivity index (χ4n) is 1.79. The van der Waals surface area contributed by atoms with Crippen LogP contribution in [0.25, 0.3) is 0 Å². The SMILES string of the molecule is CC(C)[C@@H](NCC(=O)NC(N)=O)c1ccc(Cl)cc1. The van der Waals surface area contributed by atoms with E-state index >= 15 is 0 Å². The Morgan fingerprint density at radius 3 is 2.32 bits per heavy atom. The maximum Gasteiger partial charge on any atom is 0.318 e. The summed E-state index contributed by atoms with van der Waals surface area (Å²) >= 11 is 5.84. The highest BCUT2D eigenvalue weighted by atomic mass is 35.5. The molecule has 0 fully saturated rings. The van der Waals surface area contributed by atoms with E-state index in [4.69, 9.17) is 17.3 Å². The van der Waals surface area contributed by atoms with Crippen molar-refractivity contribution >= 4 is 23.5 Å². The second kappa shape index (κ2) is 7.11. The number of amides is 3. The number of nitrogens with one attached hydrogen (secondary N) is 2. The topological polar surface area (TPSA) is 84.2 Å². The van der Waals surface area contributed by atoms with Crippen molar-refractivity contribution in [1.82, 2.24) is 10.6 Å². The molecule has 19 heavy (non-hydrogen) atoms. The molecule has 0 unspecified atom stereocenters. The Morgan fingerprint density at radius 1 is 1.26 bits per heavy atom. The molecule has 4 N–H and O–H groups in total. The molecule has 6 heteroatoms. The largest absolute Gasteiger partial charge is 0.351 e. The second-order valence-electron chi connectivity index (χ2n) is 4.57. The highest BCUT2D eigenvalue weighted by Gasteiger charge is 2.16. The van der Waals surface area contributed by atoms with E-state index in [1.165, 1.54) is 0 Å². The monoisotopic (exact) mass is 283 g/mol. The number of carbonyl (C=O) groups excluding carboxylic acids is 2. The summed E-state index contributed by atoms with van der Waals surface area (Å²) in [5.74, 6) is -0.172. The average molecular weight is 284 g/mol. The van der Waals surface area contributed by atoms with Gasteiger partial charge in [0, 0.05) is 11.1 Å². The number of hydrogen-bond donors (Lipinski definition) is 3. The van der Waals surface area contributed by atoms with Crippen LogP contribution in [0.2, 0.25) is 5.02 Å². The van der Waals surface area contributed by atoms with E-state index in [1.54, 1.807) is 12.1 Å². The van der Waals surface area contributed by atoms with Crippen LogP contribution in [-0.4, -0.2) is 18.5 Å². The van der Waals surface area contributed by atoms with Gasteiger partial charge in [0.15, 0.2) is 0 Å². The van der Waals surface area contributed by atoms with Gasteiger partial charge in [-0.1, -0.05) is 37.6 Å². The number of primary amides is 1. The molecule has 3 amide bonds. The number of hydrogen-bond acceptors (Lipinski definition) is 3. The number of halogens is 1. The molecule has 0 saturated heterocycles. The molecule has 0 radical (unpaired) electrons. The molecule has 0 bridgehead atoms. The zero-order chi connectivity index (χ0) is 14.4. The van der Waals surface area contributed by atoms with Crippen LogP contribution in [-0.2, 0) is 4.79 Å². The molecule has 0 aliphatic heterocycles. The first-order chi connectivity index (χ1) is 8.90. The molecule has 1 aromatic carbocycles. The van der Waals surface area contributed by atoms with E-state index in [2.05, 4.69) is 5.32 Å². The van der Waals surface area contributed by atoms with Crippen LogP contribution in [0.5, 0.6) is 0 Å². The Balaban J connectivity index is 2.66. The summed E-state index contributed by atoms with van der Waals surface area (Å²) in [4.78, 5) is 21.9. The number of benzene rings is 1. The van der Waals surface area contributed by atoms with Gasteiger partial charge in [0.2, 0.25) is 5.91 Å². The molecule has 0 spiro atoms. The van der Waals surface area contributed by atoms with Crippen LogP contribution in [0, 0.1) is 5.92 Å². The molecule has 5 nitrogen and oxygen atoms in total. The number of urea groups is 1. The molecule has 0 saturated carbocycles. The Labute approximate surface area is 117 Å². The summed E-state index contributed by atoms with van der Waals surface area (Å²) in [5, 5.41) is 5.78. The molecule has 104 valence electrons. The summed E-state index contributed by atoms with van der Waals surface area (Å²) in [7, 11) is 0. The van der Waals surface area contributed by atoms with Crippen LogP contribution in [0.3, 0.4) is 0 Å². The third-order valence-electron chi connectivity index (χ3n) is 2.64. The molecule has 0 aliphatic rings. The molecule has 0 aliphatic carbocycles. The molecular formula is C13H18ClN3O2. The summed E-state index contributed by atoms with van der Waals surface area (Å²) in [6, 6.07) is 6.57. The van der Waals surface area contributed by atoms with Crippen molar-refractivity contribution in [3.05, 3.63) is 34.9 Å². The van der Waals surface area contributed by atoms with Crippen molar-refractivity contribution in [3.63, 3.8) is 0 Å². The van der Waals surface area contributed by atoms with Gasteiger partial charge in [-0.3, -0.25) is 10.1 Å². The maximum atomic E-state index is 11.4. The van der Waals surface area contributed by atoms with Gasteiger partial charge in [0.1, 0.15) is 0 Å². The predicted octanol–water partition coefficient (Wildman–Crippen LogP) is 1.82. The van der Waals surface area contributed by atoms with Crippen LogP contribution in [0.15, 0.2) is 24.3 Å². The van der Waals surface area contributed by atoms with Crippen molar-refractivity contribution in [1.29, 1.82) is 0 Å². The Morgan fingerprint density at radius 2 is 1.84 bits per heavy atom. The van der Waals surface area contributed by atoms with Gasteiger partial charge in [-0.05, 0) is 23.6 Å². The lowest BCUT2D eigenvalue weighted by Gasteiger charge is -2.22. The first-order valence-corrected chi connectivity index (χ1v) is 6.36. The van der Waals surface area contributed by atoms with Crippen molar-refractivity contribution in [3.8, 4) is 0 Å². The molecule has 0 heterocycles. The first kappa shape index (κ1) is 15.5. The molecule has 1 aromatic rings. The van der Waals surface area contributed by atoms with Crippen LogP contribution in [0.4, 0.5) is 4.79 Å². The van der Waals surface area contributed by atoms with Crippen molar-refractivity contribution in [2.75, 3.05) is 6.54 Å². The van der Waals surface area contributed by atoms with Gasteiger partial charge in [-0.25, -0.2) is 4.79 Å². The van der Waals surface area contributed by atoms with Crippen molar-refractivity contribution < 1.29 is 9.59 Å². The smallest absolute Gasteiger partial charge is 0.318 e. The third-order valence-corrected chi connectivity index (χ3v) is 2.89. The van der Waals surface area contributed by atoms with Gasteiger partial charge in [0.25, 0.3) is 0 Å². The highest BCUT2D eigenvalue weighted by molar-refractivity contribution is 6.30. The Hall–Kier alpha value is -1.59. The van der Waals surface area contributed by atoms with E-state index in [0.29, 0.717) is 5.02 Å². The van der Waals surface area contributed by atoms with Crippen molar-refractivity contribution in [2.45, 2.75) is 19.9 Å². The van der Waals surface area contributed by atoms with Crippen molar-refractivity contribution in [2.24, 2.45) is 11.7 Å². The predicted molar refractivity (Wildman–Crippen MR) is 74.8 cm³/mol. The number of carbonyl (C=O) groups is 2. The van der Waals surface area contributed by atoms with Gasteiger partial charge in [-0.15, -0.1) is 0 Å². The minimum Gasteiger partial charge on any atom is -0.351 e. The van der Waals surface area contributed by atoms with Gasteiger partial charge < -0.3 is 11.1 Å². The van der Waals surface area contributed by atoms with E-state index in [9.17, 15) is 9.59 Å². The lowest BCUT2D eigenvalue weighted by atomic mass is 9.96. The molecule has 0 aromatic heterocycles. The molecule has 1 rings (SSSR count). The number of rotatable bonds is 5. The quantitative estimate of drug-likeness (QED) is 0.771. The van der Waals surface area contributed by atoms with Crippen LogP contribution >= 0.6 is 11.6 Å². The normalized spacial score (nSPS) is 12.2. The van der Waals surface area contributed by atoms with Gasteiger partial charge in [-0.2, -0.15) is 0 Å². The number of imide groups is 1. The van der Waals surface area contributed by atoms with E-state index in [-0.39, 0.29) is 18.5 Å². The van der Waals surface area contributed by atoms with Gasteiger partial charge in [0.05, 0.1) is 6.54 Å². The lowest BCUT2D eigenvalue weighted by Crippen LogP contribution is -2.42. The standard InChI is InChI=1S/C13H18ClN3O2/c1-8(2)12(9-3-5-10(14)6-4-9)16-7-11(18)17-13(15)19/h3-6,8,12,16H,7H2,1-2H3,(H3,15,17,18,19)/t12-/m1/s1. The zero-order valence-corrected chi connectivity index (χ0v) is 11.7. The minimum absolute atomic E-state index is 0.00380. The van der Waals surface area contributed by atoms with E-state index in [0.717, 1.165) is 5.56 Å². The zero-order valence-electron chi connectivity index (χ0n) is 10.9. The summed E-state index contributed by atoms with van der Waals surface area (Å²) in [5.41, 5.74) is 5.91. The highest BCUT2D eigenvalue weighted by Crippen LogP contribution is 2.22. The molecular weight excluding hydrogens is 266 g/mol. The maximum absolute atomic E-state index is 11.4. The summed E-state index contributed by atoms with van der Waals surface area (Å²) in [6.07, 6.45) is 0. The lowest BCUT2D eigenvalue weighted by molar-refractivity contribution is -0.119. The van der Waals surface area contributed by atoms with Gasteiger partial charge >= 0.3 is 6.03 Å². The minimum atomic E-state index is -0.848. The molecule has 1 atom stereocenters. The van der Waals surface area contributed by atoms with Crippen LogP contribution in [0.1, 0.15) is 25.5 Å². The summed E-state index contributed by atoms with van der Waals surface area (Å²) < 4.78 is 0. The fourth-order valence-corrected chi connectivity index (χ4v) is 1.92. The Bertz CT molecular complexity index is 446. The number of nitrogens with two attached hydrogens (primary N) is 1. The Kier molecular flexibility index (Phi) is 5.79. The third kappa shape index (κ3) is 5.28. The van der Waals surface area contributed by atoms with E-state index < -0.39 is 11.9 Å². The van der Waals surface area contributed by atoms with Crippen LogP contribution < -0.4 is 16.4 Å². The summed E-state index contributed by atoms with van der Waals surface area (Å²) in [6.45, 7) is 4.10. The average Bonchev–Trinajstić information content (AvgIpc) is 2.30.